The standard InChI is InChI=1S/C16H17ClFNO.C2H6/c1-4-13(17)16(14(18)5-2)19-15-7-6-11(3)10-12(15)8-9-20;1-2/h4-7,9-10,19H,2,8H2,1,3H3;1-2H3/b13-4+,16-14-;. The molecule has 120 valence electrons. The molecule has 0 heterocycles. The molecule has 1 N–H and O–H groups in total. The summed E-state index contributed by atoms with van der Waals surface area (Å²) < 4.78 is 13.8. The van der Waals surface area contributed by atoms with E-state index >= 15 is 0 Å². The van der Waals surface area contributed by atoms with Crippen molar-refractivity contribution in [3.8, 4) is 0 Å². The van der Waals surface area contributed by atoms with E-state index in [1.165, 1.54) is 0 Å². The summed E-state index contributed by atoms with van der Waals surface area (Å²) in [6.07, 6.45) is 3.73. The van der Waals surface area contributed by atoms with Crippen LogP contribution >= 0.6 is 11.6 Å². The van der Waals surface area contributed by atoms with Crippen molar-refractivity contribution >= 4 is 23.6 Å². The van der Waals surface area contributed by atoms with Crippen LogP contribution in [0.3, 0.4) is 0 Å². The van der Waals surface area contributed by atoms with Gasteiger partial charge in [0, 0.05) is 12.1 Å². The second kappa shape index (κ2) is 10.8. The Balaban J connectivity index is 0.00000211. The van der Waals surface area contributed by atoms with Gasteiger partial charge in [0.05, 0.1) is 10.7 Å². The van der Waals surface area contributed by atoms with Gasteiger partial charge in [0.15, 0.2) is 0 Å². The largest absolute Gasteiger partial charge is 0.352 e. The lowest BCUT2D eigenvalue weighted by atomic mass is 10.1. The van der Waals surface area contributed by atoms with Gasteiger partial charge in [-0.2, -0.15) is 0 Å². The van der Waals surface area contributed by atoms with Crippen LogP contribution in [-0.4, -0.2) is 6.29 Å². The van der Waals surface area contributed by atoms with E-state index < -0.39 is 5.83 Å². The topological polar surface area (TPSA) is 29.1 Å². The second-order valence-electron chi connectivity index (χ2n) is 4.22. The van der Waals surface area contributed by atoms with E-state index in [0.29, 0.717) is 5.69 Å². The number of halogens is 2. The highest BCUT2D eigenvalue weighted by Gasteiger charge is 2.11. The van der Waals surface area contributed by atoms with E-state index in [4.69, 9.17) is 11.6 Å². The molecule has 22 heavy (non-hydrogen) atoms. The van der Waals surface area contributed by atoms with E-state index in [2.05, 4.69) is 11.9 Å². The van der Waals surface area contributed by atoms with Gasteiger partial charge >= 0.3 is 0 Å². The van der Waals surface area contributed by atoms with Crippen LogP contribution in [0.5, 0.6) is 0 Å². The van der Waals surface area contributed by atoms with Crippen molar-refractivity contribution in [1.29, 1.82) is 0 Å². The summed E-state index contributed by atoms with van der Waals surface area (Å²) in [5, 5.41) is 3.19. The summed E-state index contributed by atoms with van der Waals surface area (Å²) >= 11 is 6.00. The van der Waals surface area contributed by atoms with Gasteiger partial charge in [-0.1, -0.05) is 55.8 Å². The zero-order valence-electron chi connectivity index (χ0n) is 13.5. The Morgan fingerprint density at radius 3 is 2.55 bits per heavy atom. The van der Waals surface area contributed by atoms with Gasteiger partial charge < -0.3 is 10.1 Å². The average molecular weight is 324 g/mol. The molecule has 0 unspecified atom stereocenters. The molecule has 0 aliphatic rings. The first-order chi connectivity index (χ1) is 10.5. The van der Waals surface area contributed by atoms with Crippen LogP contribution in [0.2, 0.25) is 0 Å². The van der Waals surface area contributed by atoms with Crippen molar-refractivity contribution in [1.82, 2.24) is 0 Å². The number of aldehydes is 1. The molecule has 0 saturated heterocycles. The number of rotatable bonds is 6. The first-order valence-electron chi connectivity index (χ1n) is 7.18. The minimum absolute atomic E-state index is 0.139. The Morgan fingerprint density at radius 1 is 1.41 bits per heavy atom. The third-order valence-corrected chi connectivity index (χ3v) is 3.14. The minimum atomic E-state index is -0.550. The molecule has 1 rings (SSSR count). The van der Waals surface area contributed by atoms with Crippen LogP contribution in [-0.2, 0) is 11.2 Å². The first kappa shape index (κ1) is 20.1. The van der Waals surface area contributed by atoms with Crippen LogP contribution in [0.1, 0.15) is 31.9 Å². The SMILES string of the molecule is C=C/C(F)=C(Nc1ccc(C)cc1CC=O)\C(Cl)=C/C.CC. The van der Waals surface area contributed by atoms with Crippen molar-refractivity contribution in [2.24, 2.45) is 0 Å². The van der Waals surface area contributed by atoms with Crippen LogP contribution in [0, 0.1) is 6.92 Å². The van der Waals surface area contributed by atoms with Crippen molar-refractivity contribution in [3.63, 3.8) is 0 Å². The predicted octanol–water partition coefficient (Wildman–Crippen LogP) is 5.68. The molecule has 0 radical (unpaired) electrons. The Labute approximate surface area is 137 Å². The lowest BCUT2D eigenvalue weighted by molar-refractivity contribution is -0.107. The molecule has 2 nitrogen and oxygen atoms in total. The van der Waals surface area contributed by atoms with Crippen LogP contribution in [0.4, 0.5) is 10.1 Å². The summed E-state index contributed by atoms with van der Waals surface area (Å²) in [7, 11) is 0. The summed E-state index contributed by atoms with van der Waals surface area (Å²) in [5.74, 6) is -0.550. The van der Waals surface area contributed by atoms with Crippen LogP contribution < -0.4 is 5.32 Å². The lowest BCUT2D eigenvalue weighted by Gasteiger charge is -2.14. The van der Waals surface area contributed by atoms with E-state index in [1.807, 2.05) is 32.9 Å². The normalized spacial score (nSPS) is 11.8. The fraction of sp³-hybridized carbons (Fsp3) is 0.278. The molecule has 0 fully saturated rings. The number of anilines is 1. The van der Waals surface area contributed by atoms with Crippen molar-refractivity contribution < 1.29 is 9.18 Å². The number of aryl methyl sites for hydroxylation is 1. The van der Waals surface area contributed by atoms with E-state index in [9.17, 15) is 9.18 Å². The Hall–Kier alpha value is -1.87. The molecule has 0 aliphatic carbocycles. The summed E-state index contributed by atoms with van der Waals surface area (Å²) in [6, 6.07) is 5.55. The van der Waals surface area contributed by atoms with Gasteiger partial charge in [0.1, 0.15) is 12.1 Å². The van der Waals surface area contributed by atoms with Gasteiger partial charge in [-0.25, -0.2) is 4.39 Å². The maximum Gasteiger partial charge on any atom is 0.147 e. The number of allylic oxidation sites excluding steroid dienone is 4. The lowest BCUT2D eigenvalue weighted by Crippen LogP contribution is -2.05. The van der Waals surface area contributed by atoms with Crippen LogP contribution in [0.25, 0.3) is 0 Å². The number of nitrogens with one attached hydrogen (secondary N) is 1. The molecule has 4 heteroatoms. The highest BCUT2D eigenvalue weighted by molar-refractivity contribution is 6.32. The van der Waals surface area contributed by atoms with E-state index in [1.54, 1.807) is 19.1 Å². The molecule has 1 aromatic rings. The Morgan fingerprint density at radius 2 is 2.05 bits per heavy atom. The maximum absolute atomic E-state index is 13.8. The fourth-order valence-electron chi connectivity index (χ4n) is 1.72. The number of carbonyl (C=O) groups excluding carboxylic acids is 1. The quantitative estimate of drug-likeness (QED) is 0.538. The first-order valence-corrected chi connectivity index (χ1v) is 7.55. The van der Waals surface area contributed by atoms with Crippen molar-refractivity contribution in [2.75, 3.05) is 5.32 Å². The molecule has 0 saturated carbocycles. The number of hydrogen-bond acceptors (Lipinski definition) is 2. The smallest absolute Gasteiger partial charge is 0.147 e. The molecule has 0 aliphatic heterocycles. The van der Waals surface area contributed by atoms with Crippen LogP contribution in [0.15, 0.2) is 53.5 Å². The van der Waals surface area contributed by atoms with Gasteiger partial charge in [-0.05, 0) is 31.6 Å². The van der Waals surface area contributed by atoms with E-state index in [-0.39, 0.29) is 17.2 Å². The number of hydrogen-bond donors (Lipinski definition) is 1. The van der Waals surface area contributed by atoms with Gasteiger partial charge in [-0.15, -0.1) is 0 Å². The molecular weight excluding hydrogens is 301 g/mol. The molecule has 0 amide bonds. The molecule has 0 spiro atoms. The highest BCUT2D eigenvalue weighted by Crippen LogP contribution is 2.26. The van der Waals surface area contributed by atoms with Crippen molar-refractivity contribution in [3.05, 3.63) is 64.6 Å². The molecule has 0 atom stereocenters. The summed E-state index contributed by atoms with van der Waals surface area (Å²) in [6.45, 7) is 11.0. The number of benzene rings is 1. The maximum atomic E-state index is 13.8. The average Bonchev–Trinajstić information content (AvgIpc) is 2.55. The third-order valence-electron chi connectivity index (χ3n) is 2.73. The van der Waals surface area contributed by atoms with Crippen molar-refractivity contribution in [2.45, 2.75) is 34.1 Å². The van der Waals surface area contributed by atoms with Gasteiger partial charge in [0.25, 0.3) is 0 Å². The minimum Gasteiger partial charge on any atom is -0.352 e. The van der Waals surface area contributed by atoms with Gasteiger partial charge in [-0.3, -0.25) is 0 Å². The zero-order valence-corrected chi connectivity index (χ0v) is 14.3. The third kappa shape index (κ3) is 5.86. The second-order valence-corrected chi connectivity index (χ2v) is 4.63. The Kier molecular flexibility index (Phi) is 9.88. The summed E-state index contributed by atoms with van der Waals surface area (Å²) in [4.78, 5) is 10.7. The zero-order chi connectivity index (χ0) is 17.1. The molecular formula is C18H23ClFNO. The fourth-order valence-corrected chi connectivity index (χ4v) is 1.86. The molecule has 0 aromatic heterocycles. The highest BCUT2D eigenvalue weighted by atomic mass is 35.5. The Bertz CT molecular complexity index is 576. The molecule has 1 aromatic carbocycles. The number of carbonyl (C=O) groups is 1. The van der Waals surface area contributed by atoms with E-state index in [0.717, 1.165) is 23.5 Å². The molecule has 0 bridgehead atoms. The monoisotopic (exact) mass is 323 g/mol. The summed E-state index contributed by atoms with van der Waals surface area (Å²) in [5.41, 5.74) is 2.60. The van der Waals surface area contributed by atoms with Gasteiger partial charge in [0.2, 0.25) is 0 Å². The predicted molar refractivity (Wildman–Crippen MR) is 93.9 cm³/mol.